The lowest BCUT2D eigenvalue weighted by Gasteiger charge is -2.19. The lowest BCUT2D eigenvalue weighted by atomic mass is 9.91. The smallest absolute Gasteiger partial charge is 0.407 e. The van der Waals surface area contributed by atoms with Crippen LogP contribution in [0.4, 0.5) is 4.79 Å². The molecule has 2 amide bonds. The summed E-state index contributed by atoms with van der Waals surface area (Å²) >= 11 is 1.53. The van der Waals surface area contributed by atoms with Crippen LogP contribution in [0, 0.1) is 0 Å². The van der Waals surface area contributed by atoms with Gasteiger partial charge in [-0.1, -0.05) is 24.3 Å². The van der Waals surface area contributed by atoms with Crippen molar-refractivity contribution in [2.75, 3.05) is 13.1 Å². The quantitative estimate of drug-likeness (QED) is 0.803. The molecule has 1 aliphatic rings. The Labute approximate surface area is 157 Å². The normalized spacial score (nSPS) is 12.7. The predicted octanol–water partition coefficient (Wildman–Crippen LogP) is 3.77. The van der Waals surface area contributed by atoms with E-state index in [4.69, 9.17) is 4.74 Å². The summed E-state index contributed by atoms with van der Waals surface area (Å²) < 4.78 is 5.16. The van der Waals surface area contributed by atoms with Crippen molar-refractivity contribution in [3.05, 3.63) is 46.3 Å². The van der Waals surface area contributed by atoms with Gasteiger partial charge in [-0.25, -0.2) is 4.79 Å². The minimum atomic E-state index is -0.528. The summed E-state index contributed by atoms with van der Waals surface area (Å²) in [5, 5.41) is 5.49. The lowest BCUT2D eigenvalue weighted by Crippen LogP contribution is -2.37. The minimum absolute atomic E-state index is 0.104. The highest BCUT2D eigenvalue weighted by molar-refractivity contribution is 7.17. The van der Waals surface area contributed by atoms with Crippen LogP contribution in [0.1, 0.15) is 41.6 Å². The van der Waals surface area contributed by atoms with Gasteiger partial charge in [0.15, 0.2) is 0 Å². The molecule has 1 aliphatic carbocycles. The number of ether oxygens (including phenoxy) is 1. The Balaban J connectivity index is 1.54. The molecule has 6 heteroatoms. The number of rotatable bonds is 4. The number of hydrogen-bond acceptors (Lipinski definition) is 4. The number of amides is 2. The summed E-state index contributed by atoms with van der Waals surface area (Å²) in [7, 11) is 0. The Morgan fingerprint density at radius 1 is 1.08 bits per heavy atom. The zero-order valence-electron chi connectivity index (χ0n) is 15.3. The van der Waals surface area contributed by atoms with E-state index in [9.17, 15) is 9.59 Å². The van der Waals surface area contributed by atoms with Crippen molar-refractivity contribution in [3.63, 3.8) is 0 Å². The maximum absolute atomic E-state index is 12.4. The van der Waals surface area contributed by atoms with Gasteiger partial charge in [-0.3, -0.25) is 4.79 Å². The van der Waals surface area contributed by atoms with E-state index in [0.717, 1.165) is 12.8 Å². The van der Waals surface area contributed by atoms with Gasteiger partial charge in [0.05, 0.1) is 4.88 Å². The van der Waals surface area contributed by atoms with Crippen LogP contribution in [0.25, 0.3) is 10.4 Å². The van der Waals surface area contributed by atoms with Gasteiger partial charge in [0, 0.05) is 18.0 Å². The molecule has 3 rings (SSSR count). The SMILES string of the molecule is CC(C)(C)OC(=O)NCCNC(=O)c1cc2c(s1)-c1ccccc1CC2. The Bertz CT molecular complexity index is 821. The number of nitrogens with one attached hydrogen (secondary N) is 2. The number of thiophene rings is 1. The second kappa shape index (κ2) is 7.50. The van der Waals surface area contributed by atoms with E-state index in [1.54, 1.807) is 0 Å². The van der Waals surface area contributed by atoms with Crippen LogP contribution in [0.15, 0.2) is 30.3 Å². The molecule has 2 N–H and O–H groups in total. The van der Waals surface area contributed by atoms with E-state index in [1.807, 2.05) is 32.9 Å². The topological polar surface area (TPSA) is 67.4 Å². The van der Waals surface area contributed by atoms with Gasteiger partial charge in [0.1, 0.15) is 5.60 Å². The number of carbonyl (C=O) groups excluding carboxylic acids is 2. The van der Waals surface area contributed by atoms with Gasteiger partial charge >= 0.3 is 6.09 Å². The summed E-state index contributed by atoms with van der Waals surface area (Å²) in [5.41, 5.74) is 3.30. The van der Waals surface area contributed by atoms with Gasteiger partial charge in [-0.05, 0) is 56.4 Å². The second-order valence-corrected chi connectivity index (χ2v) is 8.36. The standard InChI is InChI=1S/C20H24N2O3S/c1-20(2,3)25-19(24)22-11-10-21-18(23)16-12-14-9-8-13-6-4-5-7-15(13)17(14)26-16/h4-7,12H,8-11H2,1-3H3,(H,21,23)(H,22,24). The maximum Gasteiger partial charge on any atom is 0.407 e. The summed E-state index contributed by atoms with van der Waals surface area (Å²) in [6.07, 6.45) is 1.51. The fourth-order valence-electron chi connectivity index (χ4n) is 2.93. The van der Waals surface area contributed by atoms with E-state index < -0.39 is 11.7 Å². The van der Waals surface area contributed by atoms with Gasteiger partial charge in [0.25, 0.3) is 5.91 Å². The van der Waals surface area contributed by atoms with Crippen LogP contribution in [0.3, 0.4) is 0 Å². The molecule has 26 heavy (non-hydrogen) atoms. The molecule has 0 unspecified atom stereocenters. The van der Waals surface area contributed by atoms with E-state index in [0.29, 0.717) is 18.0 Å². The summed E-state index contributed by atoms with van der Waals surface area (Å²) in [6, 6.07) is 10.4. The van der Waals surface area contributed by atoms with Crippen molar-refractivity contribution in [1.82, 2.24) is 10.6 Å². The molecule has 1 aromatic carbocycles. The molecular formula is C20H24N2O3S. The summed E-state index contributed by atoms with van der Waals surface area (Å²) in [4.78, 5) is 25.9. The third kappa shape index (κ3) is 4.43. The van der Waals surface area contributed by atoms with Crippen LogP contribution in [0.5, 0.6) is 0 Å². The lowest BCUT2D eigenvalue weighted by molar-refractivity contribution is 0.0526. The Kier molecular flexibility index (Phi) is 5.32. The van der Waals surface area contributed by atoms with Crippen molar-refractivity contribution >= 4 is 23.3 Å². The van der Waals surface area contributed by atoms with Crippen molar-refractivity contribution in [3.8, 4) is 10.4 Å². The van der Waals surface area contributed by atoms with Crippen molar-refractivity contribution in [2.45, 2.75) is 39.2 Å². The Hall–Kier alpha value is -2.34. The van der Waals surface area contributed by atoms with E-state index in [2.05, 4.69) is 28.8 Å². The third-order valence-corrected chi connectivity index (χ3v) is 5.25. The van der Waals surface area contributed by atoms with Gasteiger partial charge in [-0.2, -0.15) is 0 Å². The average Bonchev–Trinajstić information content (AvgIpc) is 3.02. The largest absolute Gasteiger partial charge is 0.444 e. The van der Waals surface area contributed by atoms with Crippen molar-refractivity contribution in [1.29, 1.82) is 0 Å². The molecule has 0 aliphatic heterocycles. The Morgan fingerprint density at radius 2 is 1.77 bits per heavy atom. The second-order valence-electron chi connectivity index (χ2n) is 7.31. The zero-order chi connectivity index (χ0) is 18.7. The van der Waals surface area contributed by atoms with Crippen LogP contribution < -0.4 is 10.6 Å². The van der Waals surface area contributed by atoms with E-state index >= 15 is 0 Å². The fourth-order valence-corrected chi connectivity index (χ4v) is 4.11. The fraction of sp³-hybridized carbons (Fsp3) is 0.400. The van der Waals surface area contributed by atoms with Crippen LogP contribution in [-0.2, 0) is 17.6 Å². The molecule has 0 bridgehead atoms. The van der Waals surface area contributed by atoms with E-state index in [1.165, 1.54) is 32.9 Å². The number of alkyl carbamates (subject to hydrolysis) is 1. The van der Waals surface area contributed by atoms with Crippen LogP contribution in [0.2, 0.25) is 0 Å². The number of hydrogen-bond donors (Lipinski definition) is 2. The average molecular weight is 372 g/mol. The molecule has 1 aromatic heterocycles. The third-order valence-electron chi connectivity index (χ3n) is 4.04. The zero-order valence-corrected chi connectivity index (χ0v) is 16.2. The molecular weight excluding hydrogens is 348 g/mol. The number of benzene rings is 1. The van der Waals surface area contributed by atoms with E-state index in [-0.39, 0.29) is 5.91 Å². The summed E-state index contributed by atoms with van der Waals surface area (Å²) in [5.74, 6) is -0.104. The van der Waals surface area contributed by atoms with Gasteiger partial charge < -0.3 is 15.4 Å². The number of fused-ring (bicyclic) bond motifs is 3. The molecule has 0 saturated carbocycles. The highest BCUT2D eigenvalue weighted by Gasteiger charge is 2.21. The molecule has 2 aromatic rings. The highest BCUT2D eigenvalue weighted by Crippen LogP contribution is 2.39. The van der Waals surface area contributed by atoms with Crippen molar-refractivity contribution in [2.24, 2.45) is 0 Å². The first-order chi connectivity index (χ1) is 12.3. The molecule has 138 valence electrons. The molecule has 5 nitrogen and oxygen atoms in total. The maximum atomic E-state index is 12.4. The number of carbonyl (C=O) groups is 2. The first-order valence-electron chi connectivity index (χ1n) is 8.79. The molecule has 0 radical (unpaired) electrons. The molecule has 0 atom stereocenters. The predicted molar refractivity (Wildman–Crippen MR) is 104 cm³/mol. The monoisotopic (exact) mass is 372 g/mol. The van der Waals surface area contributed by atoms with Crippen LogP contribution in [-0.4, -0.2) is 30.7 Å². The van der Waals surface area contributed by atoms with Gasteiger partial charge in [0.2, 0.25) is 0 Å². The Morgan fingerprint density at radius 3 is 2.54 bits per heavy atom. The summed E-state index contributed by atoms with van der Waals surface area (Å²) in [6.45, 7) is 6.12. The first-order valence-corrected chi connectivity index (χ1v) is 9.61. The number of aryl methyl sites for hydroxylation is 2. The molecule has 0 spiro atoms. The van der Waals surface area contributed by atoms with Crippen LogP contribution >= 0.6 is 11.3 Å². The van der Waals surface area contributed by atoms with Gasteiger partial charge in [-0.15, -0.1) is 11.3 Å². The molecule has 0 saturated heterocycles. The first kappa shape index (κ1) is 18.5. The minimum Gasteiger partial charge on any atom is -0.444 e. The molecule has 1 heterocycles. The van der Waals surface area contributed by atoms with Crippen molar-refractivity contribution < 1.29 is 14.3 Å². The highest BCUT2D eigenvalue weighted by atomic mass is 32.1. The molecule has 0 fully saturated rings.